The van der Waals surface area contributed by atoms with Crippen molar-refractivity contribution in [3.05, 3.63) is 90.7 Å². The lowest BCUT2D eigenvalue weighted by Crippen LogP contribution is -2.15. The molecule has 0 unspecified atom stereocenters. The second kappa shape index (κ2) is 5.81. The van der Waals surface area contributed by atoms with Gasteiger partial charge in [0.15, 0.2) is 11.5 Å². The van der Waals surface area contributed by atoms with Crippen molar-refractivity contribution in [2.24, 2.45) is 0 Å². The number of fused-ring (bicyclic) bond motifs is 2. The zero-order valence-corrected chi connectivity index (χ0v) is 14.3. The second-order valence-electron chi connectivity index (χ2n) is 6.38. The van der Waals surface area contributed by atoms with Crippen molar-refractivity contribution in [3.8, 4) is 22.6 Å². The van der Waals surface area contributed by atoms with Crippen LogP contribution in [0, 0.1) is 6.92 Å². The normalized spacial score (nSPS) is 12.3. The summed E-state index contributed by atoms with van der Waals surface area (Å²) in [7, 11) is 0. The molecule has 5 rings (SSSR count). The van der Waals surface area contributed by atoms with Crippen molar-refractivity contribution in [3.63, 3.8) is 0 Å². The van der Waals surface area contributed by atoms with E-state index in [2.05, 4.69) is 60.4 Å². The van der Waals surface area contributed by atoms with E-state index in [1.165, 1.54) is 11.1 Å². The van der Waals surface area contributed by atoms with Crippen molar-refractivity contribution in [2.45, 2.75) is 6.92 Å². The van der Waals surface area contributed by atoms with Crippen LogP contribution >= 0.6 is 0 Å². The summed E-state index contributed by atoms with van der Waals surface area (Å²) < 4.78 is 11.8. The third kappa shape index (κ3) is 2.29. The number of aryl methyl sites for hydroxylation is 1. The number of furan rings is 1. The average Bonchev–Trinajstić information content (AvgIpc) is 3.15. The van der Waals surface area contributed by atoms with E-state index in [1.807, 2.05) is 30.3 Å². The fourth-order valence-electron chi connectivity index (χ4n) is 3.42. The molecule has 0 amide bonds. The summed E-state index contributed by atoms with van der Waals surface area (Å²) in [5, 5.41) is 0. The van der Waals surface area contributed by atoms with Crippen LogP contribution in [0.3, 0.4) is 0 Å². The van der Waals surface area contributed by atoms with E-state index in [0.717, 1.165) is 28.4 Å². The summed E-state index contributed by atoms with van der Waals surface area (Å²) in [5.41, 5.74) is 5.58. The topological polar surface area (TPSA) is 25.6 Å². The van der Waals surface area contributed by atoms with Gasteiger partial charge < -0.3 is 9.15 Å². The molecule has 0 spiro atoms. The lowest BCUT2D eigenvalue weighted by atomic mass is 10.00. The summed E-state index contributed by atoms with van der Waals surface area (Å²) in [4.78, 5) is 2.13. The van der Waals surface area contributed by atoms with Crippen LogP contribution in [-0.2, 0) is 0 Å². The maximum absolute atomic E-state index is 6.00. The largest absolute Gasteiger partial charge is 0.449 e. The Hall–Kier alpha value is -3.46. The van der Waals surface area contributed by atoms with Crippen molar-refractivity contribution in [1.82, 2.24) is 0 Å². The smallest absolute Gasteiger partial charge is 0.248 e. The number of para-hydroxylation sites is 2. The third-order valence-electron chi connectivity index (χ3n) is 4.62. The predicted octanol–water partition coefficient (Wildman–Crippen LogP) is 6.83. The third-order valence-corrected chi connectivity index (χ3v) is 4.62. The highest BCUT2D eigenvalue weighted by Gasteiger charge is 2.29. The van der Waals surface area contributed by atoms with E-state index >= 15 is 0 Å². The Kier molecular flexibility index (Phi) is 3.32. The second-order valence-corrected chi connectivity index (χ2v) is 6.38. The van der Waals surface area contributed by atoms with Gasteiger partial charge in [-0.2, -0.15) is 0 Å². The van der Waals surface area contributed by atoms with E-state index in [1.54, 1.807) is 6.26 Å². The van der Waals surface area contributed by atoms with Crippen LogP contribution in [-0.4, -0.2) is 0 Å². The number of benzene rings is 3. The molecular formula is C23H17NO2. The zero-order chi connectivity index (χ0) is 17.5. The molecule has 0 saturated carbocycles. The molecule has 0 radical (unpaired) electrons. The Morgan fingerprint density at radius 2 is 1.54 bits per heavy atom. The number of rotatable bonds is 2. The molecule has 0 aliphatic carbocycles. The molecule has 0 fully saturated rings. The monoisotopic (exact) mass is 339 g/mol. The van der Waals surface area contributed by atoms with Gasteiger partial charge in [-0.1, -0.05) is 54.1 Å². The van der Waals surface area contributed by atoms with Crippen LogP contribution in [0.25, 0.3) is 11.1 Å². The number of anilines is 3. The molecule has 3 nitrogen and oxygen atoms in total. The van der Waals surface area contributed by atoms with E-state index in [-0.39, 0.29) is 0 Å². The first kappa shape index (κ1) is 14.8. The molecule has 26 heavy (non-hydrogen) atoms. The number of nitrogens with zero attached hydrogens (tertiary/aromatic N) is 1. The molecule has 2 heterocycles. The molecule has 0 atom stereocenters. The molecule has 126 valence electrons. The lowest BCUT2D eigenvalue weighted by Gasteiger charge is -2.31. The van der Waals surface area contributed by atoms with Gasteiger partial charge in [0.25, 0.3) is 0 Å². The maximum atomic E-state index is 6.00. The van der Waals surface area contributed by atoms with Crippen LogP contribution in [0.15, 0.2) is 89.5 Å². The molecule has 1 aliphatic heterocycles. The average molecular weight is 339 g/mol. The predicted molar refractivity (Wildman–Crippen MR) is 104 cm³/mol. The molecule has 1 aromatic heterocycles. The molecule has 0 N–H and O–H groups in total. The Balaban J connectivity index is 1.78. The van der Waals surface area contributed by atoms with Gasteiger partial charge in [-0.05, 0) is 36.8 Å². The van der Waals surface area contributed by atoms with Gasteiger partial charge in [0.2, 0.25) is 5.88 Å². The highest BCUT2D eigenvalue weighted by Crippen LogP contribution is 2.52. The minimum Gasteiger partial charge on any atom is -0.449 e. The zero-order valence-electron chi connectivity index (χ0n) is 14.3. The molecule has 4 aromatic rings. The van der Waals surface area contributed by atoms with Gasteiger partial charge in [0.05, 0.1) is 17.6 Å². The Labute approximate surface area is 152 Å². The summed E-state index contributed by atoms with van der Waals surface area (Å²) in [6.07, 6.45) is 1.67. The summed E-state index contributed by atoms with van der Waals surface area (Å²) >= 11 is 0. The first-order chi connectivity index (χ1) is 12.8. The van der Waals surface area contributed by atoms with Crippen LogP contribution in [0.2, 0.25) is 0 Å². The molecule has 1 aliphatic rings. The van der Waals surface area contributed by atoms with Crippen LogP contribution in [0.1, 0.15) is 5.56 Å². The van der Waals surface area contributed by atoms with Gasteiger partial charge in [0.1, 0.15) is 0 Å². The summed E-state index contributed by atoms with van der Waals surface area (Å²) in [5.74, 6) is 2.24. The van der Waals surface area contributed by atoms with E-state index in [9.17, 15) is 0 Å². The van der Waals surface area contributed by atoms with E-state index < -0.39 is 0 Å². The van der Waals surface area contributed by atoms with Gasteiger partial charge in [-0.15, -0.1) is 0 Å². The number of ether oxygens (including phenoxy) is 1. The van der Waals surface area contributed by atoms with Crippen molar-refractivity contribution in [1.29, 1.82) is 0 Å². The standard InChI is InChI=1S/C23H17NO2/c1-16-11-12-19(18(15-16)17-7-3-2-4-8-17)24-20-9-5-6-10-21(20)26-22-13-14-25-23(22)24/h2-15H,1H3. The van der Waals surface area contributed by atoms with Gasteiger partial charge in [0, 0.05) is 11.6 Å². The van der Waals surface area contributed by atoms with Gasteiger partial charge >= 0.3 is 0 Å². The molecule has 0 saturated heterocycles. The fraction of sp³-hybridized carbons (Fsp3) is 0.0435. The van der Waals surface area contributed by atoms with Crippen LogP contribution in [0.4, 0.5) is 17.3 Å². The SMILES string of the molecule is Cc1ccc(N2c3ccccc3Oc3ccoc32)c(-c2ccccc2)c1. The Bertz CT molecular complexity index is 1080. The van der Waals surface area contributed by atoms with E-state index in [0.29, 0.717) is 5.88 Å². The van der Waals surface area contributed by atoms with Crippen LogP contribution < -0.4 is 9.64 Å². The highest BCUT2D eigenvalue weighted by atomic mass is 16.5. The van der Waals surface area contributed by atoms with Crippen molar-refractivity contribution >= 4 is 17.3 Å². The van der Waals surface area contributed by atoms with E-state index in [4.69, 9.17) is 9.15 Å². The Morgan fingerprint density at radius 3 is 2.42 bits per heavy atom. The highest BCUT2D eigenvalue weighted by molar-refractivity contribution is 5.91. The minimum atomic E-state index is 0.699. The first-order valence-electron chi connectivity index (χ1n) is 8.62. The lowest BCUT2D eigenvalue weighted by molar-refractivity contribution is 0.458. The van der Waals surface area contributed by atoms with Crippen molar-refractivity contribution in [2.75, 3.05) is 4.90 Å². The van der Waals surface area contributed by atoms with Gasteiger partial charge in [-0.3, -0.25) is 4.90 Å². The maximum Gasteiger partial charge on any atom is 0.248 e. The number of hydrogen-bond donors (Lipinski definition) is 0. The van der Waals surface area contributed by atoms with Crippen LogP contribution in [0.5, 0.6) is 11.5 Å². The molecule has 3 heteroatoms. The summed E-state index contributed by atoms with van der Waals surface area (Å²) in [6, 6.07) is 26.8. The molecule has 3 aromatic carbocycles. The molecule has 0 bridgehead atoms. The van der Waals surface area contributed by atoms with Crippen molar-refractivity contribution < 1.29 is 9.15 Å². The minimum absolute atomic E-state index is 0.699. The summed E-state index contributed by atoms with van der Waals surface area (Å²) in [6.45, 7) is 2.11. The fourth-order valence-corrected chi connectivity index (χ4v) is 3.42. The van der Waals surface area contributed by atoms with Gasteiger partial charge in [-0.25, -0.2) is 0 Å². The quantitative estimate of drug-likeness (QED) is 0.352. The Morgan fingerprint density at radius 1 is 0.731 bits per heavy atom. The molecular weight excluding hydrogens is 322 g/mol. The number of hydrogen-bond acceptors (Lipinski definition) is 3. The first-order valence-corrected chi connectivity index (χ1v) is 8.62.